The molecule has 0 aliphatic carbocycles. The van der Waals surface area contributed by atoms with Crippen molar-refractivity contribution in [2.24, 2.45) is 5.41 Å². The van der Waals surface area contributed by atoms with Crippen molar-refractivity contribution in [2.45, 2.75) is 39.5 Å². The standard InChI is InChI=1S/C16H26N2O3S/c1-6-18(7-2)22(20,21)14-10-8-9-13(11-14)15(19)17-12-16(3,4)5/h8-11H,6-7,12H2,1-5H3,(H,17,19). The number of rotatable bonds is 6. The smallest absolute Gasteiger partial charge is 0.251 e. The SMILES string of the molecule is CCN(CC)S(=O)(=O)c1cccc(C(=O)NCC(C)(C)C)c1. The molecule has 0 aromatic heterocycles. The topological polar surface area (TPSA) is 66.5 Å². The molecular weight excluding hydrogens is 300 g/mol. The van der Waals surface area contributed by atoms with Crippen LogP contribution in [-0.2, 0) is 10.0 Å². The molecule has 0 fully saturated rings. The summed E-state index contributed by atoms with van der Waals surface area (Å²) >= 11 is 0. The molecule has 0 saturated carbocycles. The zero-order valence-corrected chi connectivity index (χ0v) is 14.8. The quantitative estimate of drug-likeness (QED) is 0.873. The third kappa shape index (κ3) is 4.81. The van der Waals surface area contributed by atoms with Crippen molar-refractivity contribution >= 4 is 15.9 Å². The highest BCUT2D eigenvalue weighted by atomic mass is 32.2. The lowest BCUT2D eigenvalue weighted by Gasteiger charge is -2.20. The maximum atomic E-state index is 12.5. The Morgan fingerprint density at radius 1 is 1.18 bits per heavy atom. The molecular formula is C16H26N2O3S. The van der Waals surface area contributed by atoms with Crippen molar-refractivity contribution in [2.75, 3.05) is 19.6 Å². The Balaban J connectivity index is 3.02. The van der Waals surface area contributed by atoms with Gasteiger partial charge in [-0.3, -0.25) is 4.79 Å². The van der Waals surface area contributed by atoms with E-state index in [0.29, 0.717) is 25.2 Å². The van der Waals surface area contributed by atoms with E-state index in [0.717, 1.165) is 0 Å². The number of benzene rings is 1. The minimum absolute atomic E-state index is 0.0272. The highest BCUT2D eigenvalue weighted by molar-refractivity contribution is 7.89. The molecule has 0 atom stereocenters. The largest absolute Gasteiger partial charge is 0.352 e. The zero-order valence-electron chi connectivity index (χ0n) is 14.0. The second kappa shape index (κ2) is 7.24. The zero-order chi connectivity index (χ0) is 17.0. The number of hydrogen-bond acceptors (Lipinski definition) is 3. The van der Waals surface area contributed by atoms with E-state index >= 15 is 0 Å². The van der Waals surface area contributed by atoms with Gasteiger partial charge in [0.05, 0.1) is 4.90 Å². The Bertz CT molecular complexity index is 615. The first-order valence-electron chi connectivity index (χ1n) is 7.50. The minimum atomic E-state index is -3.55. The van der Waals surface area contributed by atoms with E-state index in [1.807, 2.05) is 20.8 Å². The summed E-state index contributed by atoms with van der Waals surface area (Å²) in [5.41, 5.74) is 0.332. The van der Waals surface area contributed by atoms with Gasteiger partial charge < -0.3 is 5.32 Å². The van der Waals surface area contributed by atoms with Crippen LogP contribution in [0.2, 0.25) is 0 Å². The number of sulfonamides is 1. The van der Waals surface area contributed by atoms with Crippen molar-refractivity contribution in [1.82, 2.24) is 9.62 Å². The van der Waals surface area contributed by atoms with Crippen molar-refractivity contribution in [3.8, 4) is 0 Å². The lowest BCUT2D eigenvalue weighted by molar-refractivity contribution is 0.0939. The number of hydrogen-bond donors (Lipinski definition) is 1. The molecule has 0 bridgehead atoms. The van der Waals surface area contributed by atoms with E-state index in [9.17, 15) is 13.2 Å². The van der Waals surface area contributed by atoms with Gasteiger partial charge in [-0.15, -0.1) is 0 Å². The summed E-state index contributed by atoms with van der Waals surface area (Å²) in [4.78, 5) is 12.3. The van der Waals surface area contributed by atoms with Crippen LogP contribution >= 0.6 is 0 Å². The molecule has 0 saturated heterocycles. The van der Waals surface area contributed by atoms with E-state index in [-0.39, 0.29) is 16.2 Å². The molecule has 6 heteroatoms. The molecule has 124 valence electrons. The second-order valence-electron chi connectivity index (χ2n) is 6.36. The summed E-state index contributed by atoms with van der Waals surface area (Å²) in [6.07, 6.45) is 0. The second-order valence-corrected chi connectivity index (χ2v) is 8.30. The van der Waals surface area contributed by atoms with Crippen molar-refractivity contribution < 1.29 is 13.2 Å². The monoisotopic (exact) mass is 326 g/mol. The number of carbonyl (C=O) groups is 1. The summed E-state index contributed by atoms with van der Waals surface area (Å²) in [5, 5.41) is 2.83. The number of nitrogens with one attached hydrogen (secondary N) is 1. The molecule has 0 heterocycles. The fourth-order valence-corrected chi connectivity index (χ4v) is 3.46. The summed E-state index contributed by atoms with van der Waals surface area (Å²) < 4.78 is 26.3. The normalized spacial score (nSPS) is 12.5. The Labute approximate surface area is 133 Å². The van der Waals surface area contributed by atoms with E-state index in [1.54, 1.807) is 26.0 Å². The van der Waals surface area contributed by atoms with Gasteiger partial charge in [-0.2, -0.15) is 4.31 Å². The summed E-state index contributed by atoms with van der Waals surface area (Å²) in [5.74, 6) is -0.258. The third-order valence-corrected chi connectivity index (χ3v) is 5.26. The van der Waals surface area contributed by atoms with E-state index in [4.69, 9.17) is 0 Å². The van der Waals surface area contributed by atoms with E-state index in [2.05, 4.69) is 5.32 Å². The van der Waals surface area contributed by atoms with Crippen LogP contribution in [0.15, 0.2) is 29.2 Å². The van der Waals surface area contributed by atoms with Crippen LogP contribution < -0.4 is 5.32 Å². The average Bonchev–Trinajstić information content (AvgIpc) is 2.45. The molecule has 0 radical (unpaired) electrons. The predicted octanol–water partition coefficient (Wildman–Crippen LogP) is 2.49. The van der Waals surface area contributed by atoms with Gasteiger partial charge in [-0.25, -0.2) is 8.42 Å². The van der Waals surface area contributed by atoms with Crippen LogP contribution in [0.3, 0.4) is 0 Å². The molecule has 1 rings (SSSR count). The predicted molar refractivity (Wildman–Crippen MR) is 88.3 cm³/mol. The molecule has 0 spiro atoms. The van der Waals surface area contributed by atoms with Crippen LogP contribution in [0.5, 0.6) is 0 Å². The Kier molecular flexibility index (Phi) is 6.14. The van der Waals surface area contributed by atoms with Gasteiger partial charge in [-0.05, 0) is 23.6 Å². The summed E-state index contributed by atoms with van der Waals surface area (Å²) in [7, 11) is -3.55. The first-order chi connectivity index (χ1) is 10.1. The minimum Gasteiger partial charge on any atom is -0.352 e. The van der Waals surface area contributed by atoms with Crippen molar-refractivity contribution in [1.29, 1.82) is 0 Å². The van der Waals surface area contributed by atoms with Crippen LogP contribution in [-0.4, -0.2) is 38.3 Å². The molecule has 1 N–H and O–H groups in total. The van der Waals surface area contributed by atoms with Gasteiger partial charge in [0, 0.05) is 25.2 Å². The van der Waals surface area contributed by atoms with Crippen LogP contribution in [0, 0.1) is 5.41 Å². The molecule has 22 heavy (non-hydrogen) atoms. The number of carbonyl (C=O) groups excluding carboxylic acids is 1. The fraction of sp³-hybridized carbons (Fsp3) is 0.562. The average molecular weight is 326 g/mol. The Morgan fingerprint density at radius 2 is 1.77 bits per heavy atom. The van der Waals surface area contributed by atoms with Crippen molar-refractivity contribution in [3.63, 3.8) is 0 Å². The van der Waals surface area contributed by atoms with Gasteiger partial charge >= 0.3 is 0 Å². The van der Waals surface area contributed by atoms with Gasteiger partial charge in [-0.1, -0.05) is 40.7 Å². The van der Waals surface area contributed by atoms with Crippen LogP contribution in [0.25, 0.3) is 0 Å². The molecule has 5 nitrogen and oxygen atoms in total. The molecule has 1 aromatic rings. The van der Waals surface area contributed by atoms with Gasteiger partial charge in [0.2, 0.25) is 10.0 Å². The molecule has 0 aliphatic rings. The summed E-state index contributed by atoms with van der Waals surface area (Å²) in [6.45, 7) is 11.0. The Morgan fingerprint density at radius 3 is 2.27 bits per heavy atom. The van der Waals surface area contributed by atoms with Crippen molar-refractivity contribution in [3.05, 3.63) is 29.8 Å². The highest BCUT2D eigenvalue weighted by Crippen LogP contribution is 2.17. The number of nitrogens with zero attached hydrogens (tertiary/aromatic N) is 1. The molecule has 1 amide bonds. The number of amides is 1. The van der Waals surface area contributed by atoms with E-state index < -0.39 is 10.0 Å². The maximum absolute atomic E-state index is 12.5. The highest BCUT2D eigenvalue weighted by Gasteiger charge is 2.22. The van der Waals surface area contributed by atoms with Gasteiger partial charge in [0.25, 0.3) is 5.91 Å². The van der Waals surface area contributed by atoms with E-state index in [1.165, 1.54) is 16.4 Å². The lowest BCUT2D eigenvalue weighted by Crippen LogP contribution is -2.33. The Hall–Kier alpha value is -1.40. The molecule has 0 aliphatic heterocycles. The maximum Gasteiger partial charge on any atom is 0.251 e. The summed E-state index contributed by atoms with van der Waals surface area (Å²) in [6, 6.07) is 6.18. The van der Waals surface area contributed by atoms with Gasteiger partial charge in [0.15, 0.2) is 0 Å². The van der Waals surface area contributed by atoms with Crippen LogP contribution in [0.1, 0.15) is 45.0 Å². The first-order valence-corrected chi connectivity index (χ1v) is 8.94. The third-order valence-electron chi connectivity index (χ3n) is 3.22. The molecule has 1 aromatic carbocycles. The van der Waals surface area contributed by atoms with Gasteiger partial charge in [0.1, 0.15) is 0 Å². The fourth-order valence-electron chi connectivity index (χ4n) is 1.96. The van der Waals surface area contributed by atoms with Crippen LogP contribution in [0.4, 0.5) is 0 Å². The first kappa shape index (κ1) is 18.6. The molecule has 0 unspecified atom stereocenters. The lowest BCUT2D eigenvalue weighted by atomic mass is 9.97.